The van der Waals surface area contributed by atoms with Crippen molar-refractivity contribution in [2.75, 3.05) is 26.2 Å². The Morgan fingerprint density at radius 3 is 2.39 bits per heavy atom. The van der Waals surface area contributed by atoms with Gasteiger partial charge in [0.2, 0.25) is 5.91 Å². The topological polar surface area (TPSA) is 65.5 Å². The molecule has 1 aromatic heterocycles. The Morgan fingerprint density at radius 2 is 1.71 bits per heavy atom. The summed E-state index contributed by atoms with van der Waals surface area (Å²) in [5.74, 6) is -0.379. The third-order valence-corrected chi connectivity index (χ3v) is 6.43. The van der Waals surface area contributed by atoms with Crippen LogP contribution in [0.3, 0.4) is 0 Å². The monoisotopic (exact) mass is 424 g/mol. The molecule has 1 saturated carbocycles. The standard InChI is InChI=1S/C24H29FN4O2/c25-21-8-4-3-7-20(21)24(31)29-15-13-28(14-16-29)22(19-5-1-2-6-19)23(30)27-17-18-9-11-26-12-10-18/h3-4,7-12,19,22H,1-2,5-6,13-17H2,(H,27,30). The zero-order valence-electron chi connectivity index (χ0n) is 17.7. The van der Waals surface area contributed by atoms with E-state index in [2.05, 4.69) is 15.2 Å². The molecule has 1 aromatic carbocycles. The number of halogens is 1. The van der Waals surface area contributed by atoms with Crippen LogP contribution in [-0.4, -0.2) is 58.8 Å². The lowest BCUT2D eigenvalue weighted by Crippen LogP contribution is -2.58. The third-order valence-electron chi connectivity index (χ3n) is 6.43. The normalized spacial score (nSPS) is 18.7. The second kappa shape index (κ2) is 10.0. The van der Waals surface area contributed by atoms with Crippen LogP contribution in [0.1, 0.15) is 41.6 Å². The van der Waals surface area contributed by atoms with Crippen molar-refractivity contribution in [2.45, 2.75) is 38.3 Å². The van der Waals surface area contributed by atoms with Gasteiger partial charge in [-0.2, -0.15) is 0 Å². The average Bonchev–Trinajstić information content (AvgIpc) is 3.33. The van der Waals surface area contributed by atoms with Crippen LogP contribution in [0.2, 0.25) is 0 Å². The molecule has 1 atom stereocenters. The maximum Gasteiger partial charge on any atom is 0.256 e. The molecule has 2 aliphatic rings. The zero-order valence-corrected chi connectivity index (χ0v) is 17.7. The lowest BCUT2D eigenvalue weighted by Gasteiger charge is -2.40. The van der Waals surface area contributed by atoms with Crippen LogP contribution >= 0.6 is 0 Å². The number of aromatic nitrogens is 1. The highest BCUT2D eigenvalue weighted by Crippen LogP contribution is 2.31. The highest BCUT2D eigenvalue weighted by Gasteiger charge is 2.37. The van der Waals surface area contributed by atoms with Gasteiger partial charge in [0.1, 0.15) is 5.82 Å². The number of piperazine rings is 1. The quantitative estimate of drug-likeness (QED) is 0.775. The fourth-order valence-electron chi connectivity index (χ4n) is 4.75. The molecule has 1 aliphatic heterocycles. The van der Waals surface area contributed by atoms with E-state index >= 15 is 0 Å². The lowest BCUT2D eigenvalue weighted by atomic mass is 9.94. The van der Waals surface area contributed by atoms with Crippen molar-refractivity contribution in [3.63, 3.8) is 0 Å². The molecule has 2 fully saturated rings. The van der Waals surface area contributed by atoms with Gasteiger partial charge in [-0.15, -0.1) is 0 Å². The molecule has 1 N–H and O–H groups in total. The number of hydrogen-bond donors (Lipinski definition) is 1. The summed E-state index contributed by atoms with van der Waals surface area (Å²) in [5, 5.41) is 3.10. The van der Waals surface area contributed by atoms with Gasteiger partial charge in [0.25, 0.3) is 5.91 Å². The van der Waals surface area contributed by atoms with E-state index in [1.165, 1.54) is 12.1 Å². The average molecular weight is 425 g/mol. The Morgan fingerprint density at radius 1 is 1.03 bits per heavy atom. The summed E-state index contributed by atoms with van der Waals surface area (Å²) in [6.07, 6.45) is 7.88. The molecule has 0 spiro atoms. The van der Waals surface area contributed by atoms with E-state index in [0.29, 0.717) is 38.6 Å². The van der Waals surface area contributed by atoms with E-state index in [1.54, 1.807) is 29.4 Å². The Hall–Kier alpha value is -2.80. The van der Waals surface area contributed by atoms with Crippen molar-refractivity contribution < 1.29 is 14.0 Å². The molecular weight excluding hydrogens is 395 g/mol. The summed E-state index contributed by atoms with van der Waals surface area (Å²) in [5.41, 5.74) is 1.13. The van der Waals surface area contributed by atoms with Crippen LogP contribution in [0.15, 0.2) is 48.8 Å². The van der Waals surface area contributed by atoms with Crippen LogP contribution in [0, 0.1) is 11.7 Å². The first-order valence-electron chi connectivity index (χ1n) is 11.1. The van der Waals surface area contributed by atoms with Crippen LogP contribution in [0.5, 0.6) is 0 Å². The minimum Gasteiger partial charge on any atom is -0.351 e. The SMILES string of the molecule is O=C(NCc1ccncc1)C(C1CCCC1)N1CCN(C(=O)c2ccccc2F)CC1. The molecule has 0 radical (unpaired) electrons. The van der Waals surface area contributed by atoms with Gasteiger partial charge in [-0.25, -0.2) is 4.39 Å². The Balaban J connectivity index is 1.39. The largest absolute Gasteiger partial charge is 0.351 e. The van der Waals surface area contributed by atoms with Gasteiger partial charge >= 0.3 is 0 Å². The summed E-state index contributed by atoms with van der Waals surface area (Å²) in [7, 11) is 0. The second-order valence-electron chi connectivity index (χ2n) is 8.37. The summed E-state index contributed by atoms with van der Waals surface area (Å²) in [6.45, 7) is 2.70. The molecule has 1 aliphatic carbocycles. The van der Waals surface area contributed by atoms with Gasteiger partial charge in [0, 0.05) is 45.1 Å². The predicted octanol–water partition coefficient (Wildman–Crippen LogP) is 2.85. The third kappa shape index (κ3) is 5.10. The first kappa shape index (κ1) is 21.4. The fourth-order valence-corrected chi connectivity index (χ4v) is 4.75. The number of pyridine rings is 1. The second-order valence-corrected chi connectivity index (χ2v) is 8.37. The van der Waals surface area contributed by atoms with E-state index in [1.807, 2.05) is 12.1 Å². The molecular formula is C24H29FN4O2. The zero-order chi connectivity index (χ0) is 21.6. The molecule has 2 heterocycles. The molecule has 1 unspecified atom stereocenters. The van der Waals surface area contributed by atoms with Gasteiger partial charge in [-0.1, -0.05) is 25.0 Å². The highest BCUT2D eigenvalue weighted by molar-refractivity contribution is 5.94. The summed E-state index contributed by atoms with van der Waals surface area (Å²) in [4.78, 5) is 33.8. The first-order valence-corrected chi connectivity index (χ1v) is 11.1. The number of nitrogens with zero attached hydrogens (tertiary/aromatic N) is 3. The molecule has 4 rings (SSSR count). The van der Waals surface area contributed by atoms with Gasteiger partial charge in [-0.3, -0.25) is 19.5 Å². The minimum atomic E-state index is -0.491. The minimum absolute atomic E-state index is 0.0533. The molecule has 1 saturated heterocycles. The Kier molecular flexibility index (Phi) is 6.92. The van der Waals surface area contributed by atoms with Crippen LogP contribution in [-0.2, 0) is 11.3 Å². The number of amides is 2. The van der Waals surface area contributed by atoms with E-state index in [-0.39, 0.29) is 23.4 Å². The van der Waals surface area contributed by atoms with Gasteiger partial charge in [-0.05, 0) is 48.6 Å². The predicted molar refractivity (Wildman–Crippen MR) is 116 cm³/mol. The summed E-state index contributed by atoms with van der Waals surface area (Å²) in [6, 6.07) is 9.71. The van der Waals surface area contributed by atoms with Crippen LogP contribution < -0.4 is 5.32 Å². The van der Waals surface area contributed by atoms with Gasteiger partial charge in [0.15, 0.2) is 0 Å². The molecule has 0 bridgehead atoms. The molecule has 31 heavy (non-hydrogen) atoms. The van der Waals surface area contributed by atoms with Crippen molar-refractivity contribution in [1.82, 2.24) is 20.1 Å². The molecule has 2 amide bonds. The summed E-state index contributed by atoms with van der Waals surface area (Å²) < 4.78 is 14.0. The maximum atomic E-state index is 14.0. The smallest absolute Gasteiger partial charge is 0.256 e. The van der Waals surface area contributed by atoms with Crippen LogP contribution in [0.25, 0.3) is 0 Å². The molecule has 2 aromatic rings. The van der Waals surface area contributed by atoms with Gasteiger partial charge in [0.05, 0.1) is 11.6 Å². The molecule has 6 nitrogen and oxygen atoms in total. The number of nitrogens with one attached hydrogen (secondary N) is 1. The molecule has 164 valence electrons. The fraction of sp³-hybridized carbons (Fsp3) is 0.458. The Labute approximate surface area is 182 Å². The van der Waals surface area contributed by atoms with Gasteiger partial charge < -0.3 is 10.2 Å². The summed E-state index contributed by atoms with van der Waals surface area (Å²) >= 11 is 0. The highest BCUT2D eigenvalue weighted by atomic mass is 19.1. The van der Waals surface area contributed by atoms with Crippen molar-refractivity contribution in [3.05, 3.63) is 65.7 Å². The van der Waals surface area contributed by atoms with E-state index in [4.69, 9.17) is 0 Å². The number of hydrogen-bond acceptors (Lipinski definition) is 4. The van der Waals surface area contributed by atoms with E-state index in [0.717, 1.165) is 31.2 Å². The first-order chi connectivity index (χ1) is 15.1. The van der Waals surface area contributed by atoms with Crippen molar-refractivity contribution in [2.24, 2.45) is 5.92 Å². The number of carbonyl (C=O) groups excluding carboxylic acids is 2. The van der Waals surface area contributed by atoms with Crippen molar-refractivity contribution in [1.29, 1.82) is 0 Å². The number of carbonyl (C=O) groups is 2. The molecule has 7 heteroatoms. The van der Waals surface area contributed by atoms with Crippen LogP contribution in [0.4, 0.5) is 4.39 Å². The number of rotatable bonds is 6. The lowest BCUT2D eigenvalue weighted by molar-refractivity contribution is -0.129. The number of benzene rings is 1. The van der Waals surface area contributed by atoms with Crippen molar-refractivity contribution in [3.8, 4) is 0 Å². The van der Waals surface area contributed by atoms with E-state index in [9.17, 15) is 14.0 Å². The maximum absolute atomic E-state index is 14.0. The van der Waals surface area contributed by atoms with Crippen molar-refractivity contribution >= 4 is 11.8 Å². The Bertz CT molecular complexity index is 893. The van der Waals surface area contributed by atoms with E-state index < -0.39 is 5.82 Å².